The number of benzene rings is 9. The van der Waals surface area contributed by atoms with Gasteiger partial charge < -0.3 is 9.13 Å². The molecule has 0 fully saturated rings. The minimum atomic E-state index is -5.19. The average Bonchev–Trinajstić information content (AvgIpc) is 1.57. The van der Waals surface area contributed by atoms with Crippen molar-refractivity contribution in [2.45, 2.75) is 66.2 Å². The summed E-state index contributed by atoms with van der Waals surface area (Å²) in [5, 5.41) is 2.19. The van der Waals surface area contributed by atoms with Crippen molar-refractivity contribution < 1.29 is 52.7 Å². The average molecular weight is 1170 g/mol. The zero-order valence-corrected chi connectivity index (χ0v) is 46.4. The molecule has 0 aliphatic heterocycles. The van der Waals surface area contributed by atoms with Crippen molar-refractivity contribution in [2.24, 2.45) is 0 Å². The number of halogens is 12. The van der Waals surface area contributed by atoms with Crippen molar-refractivity contribution in [2.75, 3.05) is 0 Å². The van der Waals surface area contributed by atoms with Crippen LogP contribution < -0.4 is 0 Å². The number of rotatable bonds is 7. The van der Waals surface area contributed by atoms with Gasteiger partial charge in [0.1, 0.15) is 5.82 Å². The highest BCUT2D eigenvalue weighted by molar-refractivity contribution is 6.14. The Morgan fingerprint density at radius 1 is 0.326 bits per heavy atom. The molecule has 86 heavy (non-hydrogen) atoms. The molecule has 3 heterocycles. The van der Waals surface area contributed by atoms with Crippen LogP contribution in [0.4, 0.5) is 58.4 Å². The minimum absolute atomic E-state index is 0.0316. The maximum absolute atomic E-state index is 14.6. The summed E-state index contributed by atoms with van der Waals surface area (Å²) in [6.45, 7) is 19.3. The molecule has 17 heteroatoms. The van der Waals surface area contributed by atoms with Crippen molar-refractivity contribution in [3.05, 3.63) is 231 Å². The van der Waals surface area contributed by atoms with E-state index < -0.39 is 52.5 Å². The highest BCUT2D eigenvalue weighted by atomic mass is 19.4. The van der Waals surface area contributed by atoms with Gasteiger partial charge in [-0.25, -0.2) is 14.8 Å². The third-order valence-corrected chi connectivity index (χ3v) is 15.4. The topological polar surface area (TPSA) is 40.0 Å². The van der Waals surface area contributed by atoms with Gasteiger partial charge >= 0.3 is 24.7 Å². The van der Waals surface area contributed by atoms with E-state index in [4.69, 9.17) is 16.5 Å². The summed E-state index contributed by atoms with van der Waals surface area (Å²) in [7, 11) is 0. The molecule has 0 N–H and O–H groups in total. The summed E-state index contributed by atoms with van der Waals surface area (Å²) >= 11 is 0. The zero-order valence-electron chi connectivity index (χ0n) is 46.4. The molecule has 12 rings (SSSR count). The Labute approximate surface area is 483 Å². The Morgan fingerprint density at radius 2 is 0.628 bits per heavy atom. The molecular weight excluding hydrogens is 1130 g/mol. The van der Waals surface area contributed by atoms with Gasteiger partial charge in [0, 0.05) is 38.5 Å². The molecule has 5 nitrogen and oxygen atoms in total. The molecule has 0 unspecified atom stereocenters. The van der Waals surface area contributed by atoms with Crippen LogP contribution >= 0.6 is 0 Å². The van der Waals surface area contributed by atoms with E-state index in [0.29, 0.717) is 83.9 Å². The van der Waals surface area contributed by atoms with E-state index in [1.807, 2.05) is 54.8 Å². The van der Waals surface area contributed by atoms with Gasteiger partial charge in [-0.1, -0.05) is 90.0 Å². The van der Waals surface area contributed by atoms with Crippen molar-refractivity contribution in [3.63, 3.8) is 0 Å². The molecule has 430 valence electrons. The molecule has 0 aliphatic carbocycles. The maximum Gasteiger partial charge on any atom is 0.416 e. The van der Waals surface area contributed by atoms with Crippen LogP contribution in [0.5, 0.6) is 0 Å². The van der Waals surface area contributed by atoms with Gasteiger partial charge in [-0.3, -0.25) is 0 Å². The molecule has 12 aromatic rings. The van der Waals surface area contributed by atoms with E-state index in [-0.39, 0.29) is 56.7 Å². The first-order valence-electron chi connectivity index (χ1n) is 26.8. The highest BCUT2D eigenvalue weighted by Crippen LogP contribution is 2.47. The summed E-state index contributed by atoms with van der Waals surface area (Å²) in [5.74, 6) is 0.119. The van der Waals surface area contributed by atoms with E-state index in [1.165, 1.54) is 19.1 Å². The molecule has 0 atom stereocenters. The van der Waals surface area contributed by atoms with Gasteiger partial charge in [-0.2, -0.15) is 52.7 Å². The lowest BCUT2D eigenvalue weighted by Gasteiger charge is -2.20. The molecule has 0 amide bonds. The quantitative estimate of drug-likeness (QED) is 0.118. The van der Waals surface area contributed by atoms with Crippen molar-refractivity contribution in [1.82, 2.24) is 19.1 Å². The van der Waals surface area contributed by atoms with E-state index in [9.17, 15) is 52.7 Å². The standard InChI is InChI=1S/C69H45F12N5/c1-35-16-36(2)18-45(17-35)41-8-12-55-56-14-10-43(47-20-38(4)22-50(25-47)67(73,74)75)30-62(56)86(61(55)28-41)64-34-58(82-7)57(65-83-39(5)23-40(6)84-65)33-63(64)85-59-29-42(46-19-37(3)21-49(24-46)66(70,71)72)9-13-53(59)54-15-11-44(31-60(54)85)48-26-51(68(76,77)78)32-52(27-48)69(79,80)81/h8-34H,1-6H3. The molecule has 0 saturated heterocycles. The second-order valence-electron chi connectivity index (χ2n) is 21.9. The lowest BCUT2D eigenvalue weighted by Crippen LogP contribution is -2.11. The normalized spacial score (nSPS) is 12.5. The monoisotopic (exact) mass is 1170 g/mol. The van der Waals surface area contributed by atoms with Gasteiger partial charge in [0.15, 0.2) is 5.69 Å². The number of alkyl halides is 12. The van der Waals surface area contributed by atoms with Crippen LogP contribution in [-0.2, 0) is 24.7 Å². The Morgan fingerprint density at radius 3 is 0.965 bits per heavy atom. The van der Waals surface area contributed by atoms with Crippen LogP contribution in [0.1, 0.15) is 55.9 Å². The van der Waals surface area contributed by atoms with E-state index in [2.05, 4.69) is 4.85 Å². The molecule has 9 aromatic carbocycles. The van der Waals surface area contributed by atoms with Crippen LogP contribution in [0.25, 0.3) is 116 Å². The van der Waals surface area contributed by atoms with Crippen LogP contribution in [-0.4, -0.2) is 19.1 Å². The summed E-state index contributed by atoms with van der Waals surface area (Å²) in [4.78, 5) is 13.6. The molecule has 0 radical (unpaired) electrons. The number of fused-ring (bicyclic) bond motifs is 6. The third kappa shape index (κ3) is 10.4. The predicted molar refractivity (Wildman–Crippen MR) is 313 cm³/mol. The number of nitrogens with zero attached hydrogens (tertiary/aromatic N) is 5. The van der Waals surface area contributed by atoms with Crippen molar-refractivity contribution in [1.29, 1.82) is 0 Å². The second-order valence-corrected chi connectivity index (χ2v) is 21.9. The number of hydrogen-bond acceptors (Lipinski definition) is 2. The van der Waals surface area contributed by atoms with Crippen molar-refractivity contribution in [3.8, 4) is 67.3 Å². The highest BCUT2D eigenvalue weighted by Gasteiger charge is 2.38. The summed E-state index contributed by atoms with van der Waals surface area (Å²) in [5.41, 5.74) is 3.19. The lowest BCUT2D eigenvalue weighted by atomic mass is 9.97. The van der Waals surface area contributed by atoms with E-state index in [0.717, 1.165) is 46.5 Å². The smallest absolute Gasteiger partial charge is 0.308 e. The summed E-state index contributed by atoms with van der Waals surface area (Å²) in [6.07, 6.45) is -19.8. The van der Waals surface area contributed by atoms with Gasteiger partial charge in [0.2, 0.25) is 0 Å². The SMILES string of the molecule is [C-]#[N+]c1cc(-n2c3cc(-c4cc(C)cc(C)c4)ccc3c3ccc(-c4cc(C)cc(C(F)(F)F)c4)cc32)c(-n2c3cc(-c4cc(C)cc(C(F)(F)F)c4)ccc3c3ccc(-c4cc(C(F)(F)F)cc(C(F)(F)F)c4)cc32)cc1-c1nc(C)cc(C)n1. The molecule has 0 bridgehead atoms. The number of hydrogen-bond donors (Lipinski definition) is 0. The van der Waals surface area contributed by atoms with Gasteiger partial charge in [-0.05, 0) is 182 Å². The fourth-order valence-corrected chi connectivity index (χ4v) is 11.8. The van der Waals surface area contributed by atoms with Gasteiger partial charge in [0.25, 0.3) is 0 Å². The van der Waals surface area contributed by atoms with Gasteiger partial charge in [-0.15, -0.1) is 0 Å². The Balaban J connectivity index is 1.27. The van der Waals surface area contributed by atoms with Crippen molar-refractivity contribution >= 4 is 49.3 Å². The zero-order chi connectivity index (χ0) is 61.3. The molecule has 0 spiro atoms. The molecule has 0 saturated carbocycles. The van der Waals surface area contributed by atoms with Crippen LogP contribution in [0.15, 0.2) is 164 Å². The first-order valence-corrected chi connectivity index (χ1v) is 26.8. The van der Waals surface area contributed by atoms with Crippen LogP contribution in [0, 0.1) is 48.1 Å². The third-order valence-electron chi connectivity index (χ3n) is 15.4. The van der Waals surface area contributed by atoms with Gasteiger partial charge in [0.05, 0.1) is 62.3 Å². The minimum Gasteiger partial charge on any atom is -0.308 e. The first-order chi connectivity index (χ1) is 40.5. The fraction of sp³-hybridized carbons (Fsp3) is 0.145. The summed E-state index contributed by atoms with van der Waals surface area (Å²) in [6, 6.07) is 40.0. The first kappa shape index (κ1) is 56.8. The van der Waals surface area contributed by atoms with E-state index in [1.54, 1.807) is 98.1 Å². The van der Waals surface area contributed by atoms with Crippen LogP contribution in [0.2, 0.25) is 0 Å². The number of aryl methyl sites for hydroxylation is 6. The fourth-order valence-electron chi connectivity index (χ4n) is 11.8. The van der Waals surface area contributed by atoms with Crippen LogP contribution in [0.3, 0.4) is 0 Å². The number of aromatic nitrogens is 4. The largest absolute Gasteiger partial charge is 0.416 e. The molecule has 3 aromatic heterocycles. The maximum atomic E-state index is 14.6. The Hall–Kier alpha value is -9.69. The molecular formula is C69H45F12N5. The Bertz CT molecular complexity index is 4780. The predicted octanol–water partition coefficient (Wildman–Crippen LogP) is 21.5. The summed E-state index contributed by atoms with van der Waals surface area (Å²) < 4.78 is 178. The second kappa shape index (κ2) is 20.2. The Kier molecular flexibility index (Phi) is 13.4. The van der Waals surface area contributed by atoms with E-state index >= 15 is 0 Å². The lowest BCUT2D eigenvalue weighted by molar-refractivity contribution is -0.143. The molecule has 0 aliphatic rings.